The average molecular weight is 371 g/mol. The summed E-state index contributed by atoms with van der Waals surface area (Å²) < 4.78 is 27.8. The Balaban J connectivity index is 1.60. The number of carbonyl (C=O) groups excluding carboxylic acids is 1. The number of piperidine rings is 2. The number of amides is 1. The molecule has 1 saturated carbocycles. The van der Waals surface area contributed by atoms with E-state index in [1.54, 1.807) is 0 Å². The summed E-state index contributed by atoms with van der Waals surface area (Å²) in [5, 5.41) is 2.81. The van der Waals surface area contributed by atoms with Crippen LogP contribution in [0.25, 0.3) is 0 Å². The molecule has 0 radical (unpaired) electrons. The quantitative estimate of drug-likeness (QED) is 0.781. The first-order valence-corrected chi connectivity index (χ1v) is 11.2. The van der Waals surface area contributed by atoms with E-state index in [1.807, 2.05) is 0 Å². The SMILES string of the molecule is CC(C)(C)CC1CC(CC(C)(C)CC2C(=O)NC3CC2C3)NS1(=O)=O. The topological polar surface area (TPSA) is 75.3 Å². The summed E-state index contributed by atoms with van der Waals surface area (Å²) in [6.45, 7) is 10.6. The van der Waals surface area contributed by atoms with Crippen molar-refractivity contribution >= 4 is 15.9 Å². The summed E-state index contributed by atoms with van der Waals surface area (Å²) >= 11 is 0. The molecule has 1 aliphatic carbocycles. The number of hydrogen-bond acceptors (Lipinski definition) is 3. The van der Waals surface area contributed by atoms with Crippen LogP contribution in [-0.4, -0.2) is 31.7 Å². The summed E-state index contributed by atoms with van der Waals surface area (Å²) in [6, 6.07) is 0.407. The zero-order chi connectivity index (χ0) is 18.6. The molecule has 0 spiro atoms. The molecule has 25 heavy (non-hydrogen) atoms. The van der Waals surface area contributed by atoms with Crippen LogP contribution in [0.1, 0.15) is 73.1 Å². The predicted octanol–water partition coefficient (Wildman–Crippen LogP) is 2.81. The Morgan fingerprint density at radius 2 is 1.64 bits per heavy atom. The Bertz CT molecular complexity index is 630. The van der Waals surface area contributed by atoms with E-state index in [0.717, 1.165) is 25.7 Å². The molecule has 4 rings (SSSR count). The number of sulfonamides is 1. The zero-order valence-electron chi connectivity index (χ0n) is 16.3. The fourth-order valence-corrected chi connectivity index (χ4v) is 7.10. The molecule has 3 atom stereocenters. The van der Waals surface area contributed by atoms with Gasteiger partial charge in [0.25, 0.3) is 0 Å². The van der Waals surface area contributed by atoms with Crippen molar-refractivity contribution in [2.75, 3.05) is 0 Å². The van der Waals surface area contributed by atoms with Crippen molar-refractivity contribution in [3.05, 3.63) is 0 Å². The first-order chi connectivity index (χ1) is 11.3. The van der Waals surface area contributed by atoms with Gasteiger partial charge in [0.1, 0.15) is 0 Å². The lowest BCUT2D eigenvalue weighted by atomic mass is 9.63. The standard InChI is InChI=1S/C19H34N2O3S/c1-18(2,3)10-15-8-14(21-25(15,23)24)9-19(4,5)11-16-12-6-13(7-12)20-17(16)22/h12-16,21H,6-11H2,1-5H3,(H,20,22). The molecule has 0 aromatic carbocycles. The van der Waals surface area contributed by atoms with Crippen molar-refractivity contribution in [1.29, 1.82) is 0 Å². The van der Waals surface area contributed by atoms with Crippen molar-refractivity contribution < 1.29 is 13.2 Å². The van der Waals surface area contributed by atoms with Crippen LogP contribution in [-0.2, 0) is 14.8 Å². The smallest absolute Gasteiger partial charge is 0.223 e. The highest BCUT2D eigenvalue weighted by atomic mass is 32.2. The number of fused-ring (bicyclic) bond motifs is 2. The summed E-state index contributed by atoms with van der Waals surface area (Å²) in [5.74, 6) is 0.841. The fraction of sp³-hybridized carbons (Fsp3) is 0.947. The second-order valence-electron chi connectivity index (χ2n) is 10.6. The van der Waals surface area contributed by atoms with Gasteiger partial charge in [0, 0.05) is 18.0 Å². The summed E-state index contributed by atoms with van der Waals surface area (Å²) in [4.78, 5) is 12.2. The minimum absolute atomic E-state index is 0.00474. The zero-order valence-corrected chi connectivity index (χ0v) is 17.1. The number of hydrogen-bond donors (Lipinski definition) is 2. The Morgan fingerprint density at radius 1 is 1.00 bits per heavy atom. The minimum atomic E-state index is -3.22. The third-order valence-corrected chi connectivity index (χ3v) is 8.05. The van der Waals surface area contributed by atoms with E-state index in [-0.39, 0.29) is 33.9 Å². The van der Waals surface area contributed by atoms with Gasteiger partial charge in [-0.2, -0.15) is 0 Å². The van der Waals surface area contributed by atoms with E-state index in [4.69, 9.17) is 0 Å². The van der Waals surface area contributed by atoms with Crippen LogP contribution in [0.3, 0.4) is 0 Å². The normalized spacial score (nSPS) is 37.5. The molecule has 4 fully saturated rings. The van der Waals surface area contributed by atoms with Crippen LogP contribution in [0.4, 0.5) is 0 Å². The average Bonchev–Trinajstić information content (AvgIpc) is 2.61. The van der Waals surface area contributed by atoms with Crippen molar-refractivity contribution in [2.45, 2.75) is 90.5 Å². The predicted molar refractivity (Wildman–Crippen MR) is 99.5 cm³/mol. The van der Waals surface area contributed by atoms with Crippen molar-refractivity contribution in [2.24, 2.45) is 22.7 Å². The van der Waals surface area contributed by atoms with Crippen LogP contribution in [0.2, 0.25) is 0 Å². The minimum Gasteiger partial charge on any atom is -0.353 e. The van der Waals surface area contributed by atoms with Gasteiger partial charge in [-0.05, 0) is 55.3 Å². The Morgan fingerprint density at radius 3 is 2.20 bits per heavy atom. The van der Waals surface area contributed by atoms with Gasteiger partial charge in [-0.3, -0.25) is 4.79 Å². The van der Waals surface area contributed by atoms with E-state index in [2.05, 4.69) is 44.7 Å². The third kappa shape index (κ3) is 4.38. The second kappa shape index (κ2) is 6.22. The van der Waals surface area contributed by atoms with Crippen LogP contribution in [0, 0.1) is 22.7 Å². The lowest BCUT2D eigenvalue weighted by Gasteiger charge is -2.48. The van der Waals surface area contributed by atoms with Crippen molar-refractivity contribution in [1.82, 2.24) is 10.0 Å². The monoisotopic (exact) mass is 370 g/mol. The maximum absolute atomic E-state index is 12.5. The highest BCUT2D eigenvalue weighted by molar-refractivity contribution is 7.90. The largest absolute Gasteiger partial charge is 0.353 e. The van der Waals surface area contributed by atoms with Crippen LogP contribution in [0.15, 0.2) is 0 Å². The molecule has 1 amide bonds. The molecule has 2 N–H and O–H groups in total. The van der Waals surface area contributed by atoms with E-state index >= 15 is 0 Å². The first kappa shape index (κ1) is 19.2. The molecule has 6 heteroatoms. The maximum Gasteiger partial charge on any atom is 0.223 e. The highest BCUT2D eigenvalue weighted by Crippen LogP contribution is 2.45. The maximum atomic E-state index is 12.5. The van der Waals surface area contributed by atoms with E-state index in [1.165, 1.54) is 0 Å². The van der Waals surface area contributed by atoms with Gasteiger partial charge in [0.05, 0.1) is 5.25 Å². The lowest BCUT2D eigenvalue weighted by molar-refractivity contribution is -0.137. The molecule has 2 bridgehead atoms. The number of carbonyl (C=O) groups is 1. The molecular weight excluding hydrogens is 336 g/mol. The molecular formula is C19H34N2O3S. The van der Waals surface area contributed by atoms with Crippen LogP contribution >= 0.6 is 0 Å². The second-order valence-corrected chi connectivity index (χ2v) is 12.6. The molecule has 5 nitrogen and oxygen atoms in total. The Hall–Kier alpha value is -0.620. The van der Waals surface area contributed by atoms with Gasteiger partial charge in [-0.15, -0.1) is 0 Å². The van der Waals surface area contributed by atoms with Gasteiger partial charge in [0.2, 0.25) is 15.9 Å². The molecule has 0 aromatic heterocycles. The van der Waals surface area contributed by atoms with E-state index in [9.17, 15) is 13.2 Å². The van der Waals surface area contributed by atoms with Crippen molar-refractivity contribution in [3.8, 4) is 0 Å². The third-order valence-electron chi connectivity index (χ3n) is 6.16. The molecule has 144 valence electrons. The van der Waals surface area contributed by atoms with Gasteiger partial charge in [-0.25, -0.2) is 13.1 Å². The first-order valence-electron chi connectivity index (χ1n) is 9.66. The van der Waals surface area contributed by atoms with Crippen LogP contribution in [0.5, 0.6) is 0 Å². The van der Waals surface area contributed by atoms with Gasteiger partial charge < -0.3 is 5.32 Å². The molecule has 0 aromatic rings. The summed E-state index contributed by atoms with van der Waals surface area (Å²) in [5.41, 5.74) is -0.0426. The molecule has 3 aliphatic heterocycles. The van der Waals surface area contributed by atoms with E-state index in [0.29, 0.717) is 24.8 Å². The van der Waals surface area contributed by atoms with E-state index < -0.39 is 10.0 Å². The Kier molecular flexibility index (Phi) is 4.77. The molecule has 3 saturated heterocycles. The van der Waals surface area contributed by atoms with Crippen molar-refractivity contribution in [3.63, 3.8) is 0 Å². The van der Waals surface area contributed by atoms with Gasteiger partial charge in [-0.1, -0.05) is 34.6 Å². The highest BCUT2D eigenvalue weighted by Gasteiger charge is 2.48. The Labute approximate surface area is 152 Å². The molecule has 3 heterocycles. The molecule has 4 aliphatic rings. The number of nitrogens with one attached hydrogen (secondary N) is 2. The lowest BCUT2D eigenvalue weighted by Crippen LogP contribution is -2.58. The summed E-state index contributed by atoms with van der Waals surface area (Å²) in [6.07, 6.45) is 5.26. The number of rotatable bonds is 5. The van der Waals surface area contributed by atoms with Gasteiger partial charge >= 0.3 is 0 Å². The fourth-order valence-electron chi connectivity index (χ4n) is 5.06. The van der Waals surface area contributed by atoms with Crippen LogP contribution < -0.4 is 10.0 Å². The molecule has 3 unspecified atom stereocenters. The van der Waals surface area contributed by atoms with Gasteiger partial charge in [0.15, 0.2) is 0 Å². The summed E-state index contributed by atoms with van der Waals surface area (Å²) in [7, 11) is -3.22.